The van der Waals surface area contributed by atoms with Crippen molar-refractivity contribution >= 4 is 5.84 Å². The highest BCUT2D eigenvalue weighted by Crippen LogP contribution is 2.18. The molecule has 14 heavy (non-hydrogen) atoms. The highest BCUT2D eigenvalue weighted by atomic mass is 16.5. The monoisotopic (exact) mass is 192 g/mol. The Labute approximate surface area is 84.4 Å². The van der Waals surface area contributed by atoms with E-state index < -0.39 is 0 Å². The van der Waals surface area contributed by atoms with Gasteiger partial charge in [-0.2, -0.15) is 0 Å². The molecule has 1 rings (SSSR count). The van der Waals surface area contributed by atoms with Gasteiger partial charge >= 0.3 is 0 Å². The zero-order chi connectivity index (χ0) is 10.6. The Morgan fingerprint density at radius 3 is 2.71 bits per heavy atom. The van der Waals surface area contributed by atoms with Gasteiger partial charge in [-0.1, -0.05) is 13.3 Å². The number of benzene rings is 1. The van der Waals surface area contributed by atoms with E-state index in [0.717, 1.165) is 29.7 Å². The normalized spacial score (nSPS) is 9.86. The van der Waals surface area contributed by atoms with Gasteiger partial charge in [0.2, 0.25) is 0 Å². The SMILES string of the molecule is CCCc1cc(OC)ccc1C(=N)N. The molecule has 0 saturated heterocycles. The topological polar surface area (TPSA) is 59.1 Å². The van der Waals surface area contributed by atoms with Crippen LogP contribution in [0.1, 0.15) is 24.5 Å². The minimum absolute atomic E-state index is 0.121. The molecule has 0 aromatic heterocycles. The Kier molecular flexibility index (Phi) is 3.51. The third kappa shape index (κ3) is 2.25. The van der Waals surface area contributed by atoms with Crippen molar-refractivity contribution in [2.75, 3.05) is 7.11 Å². The largest absolute Gasteiger partial charge is 0.497 e. The zero-order valence-corrected chi connectivity index (χ0v) is 8.63. The van der Waals surface area contributed by atoms with Gasteiger partial charge in [0.05, 0.1) is 7.11 Å². The van der Waals surface area contributed by atoms with Gasteiger partial charge in [-0.15, -0.1) is 0 Å². The maximum absolute atomic E-state index is 7.42. The zero-order valence-electron chi connectivity index (χ0n) is 8.63. The molecule has 0 atom stereocenters. The van der Waals surface area contributed by atoms with E-state index >= 15 is 0 Å². The van der Waals surface area contributed by atoms with Crippen molar-refractivity contribution in [2.24, 2.45) is 5.73 Å². The van der Waals surface area contributed by atoms with E-state index in [-0.39, 0.29) is 5.84 Å². The summed E-state index contributed by atoms with van der Waals surface area (Å²) in [7, 11) is 1.64. The fourth-order valence-corrected chi connectivity index (χ4v) is 1.44. The van der Waals surface area contributed by atoms with Crippen LogP contribution in [0.2, 0.25) is 0 Å². The smallest absolute Gasteiger partial charge is 0.123 e. The summed E-state index contributed by atoms with van der Waals surface area (Å²) in [5.41, 5.74) is 7.37. The summed E-state index contributed by atoms with van der Waals surface area (Å²) in [6.07, 6.45) is 1.96. The number of rotatable bonds is 4. The second-order valence-electron chi connectivity index (χ2n) is 3.19. The molecule has 0 spiro atoms. The number of methoxy groups -OCH3 is 1. The predicted molar refractivity (Wildman–Crippen MR) is 58.0 cm³/mol. The molecule has 0 heterocycles. The number of hydrogen-bond acceptors (Lipinski definition) is 2. The molecule has 3 nitrogen and oxygen atoms in total. The first-order valence-corrected chi connectivity index (χ1v) is 4.70. The van der Waals surface area contributed by atoms with E-state index in [9.17, 15) is 0 Å². The molecule has 0 amide bonds. The molecule has 1 aromatic carbocycles. The van der Waals surface area contributed by atoms with Crippen LogP contribution in [0.3, 0.4) is 0 Å². The number of nitrogens with two attached hydrogens (primary N) is 1. The Hall–Kier alpha value is -1.51. The molecule has 0 radical (unpaired) electrons. The molecule has 0 aliphatic heterocycles. The summed E-state index contributed by atoms with van der Waals surface area (Å²) in [5.74, 6) is 0.939. The second kappa shape index (κ2) is 4.65. The van der Waals surface area contributed by atoms with Gasteiger partial charge in [0.15, 0.2) is 0 Å². The Morgan fingerprint density at radius 2 is 2.21 bits per heavy atom. The van der Waals surface area contributed by atoms with Crippen LogP contribution >= 0.6 is 0 Å². The molecule has 0 bridgehead atoms. The number of aryl methyl sites for hydroxylation is 1. The van der Waals surface area contributed by atoms with Crippen molar-refractivity contribution in [3.05, 3.63) is 29.3 Å². The van der Waals surface area contributed by atoms with Crippen molar-refractivity contribution in [1.82, 2.24) is 0 Å². The summed E-state index contributed by atoms with van der Waals surface area (Å²) >= 11 is 0. The van der Waals surface area contributed by atoms with Crippen molar-refractivity contribution < 1.29 is 4.74 Å². The first-order valence-electron chi connectivity index (χ1n) is 4.70. The Bertz CT molecular complexity index is 334. The first-order chi connectivity index (χ1) is 6.69. The molecule has 0 saturated carbocycles. The molecule has 76 valence electrons. The van der Waals surface area contributed by atoms with Gasteiger partial charge in [0.25, 0.3) is 0 Å². The Balaban J connectivity index is 3.10. The summed E-state index contributed by atoms with van der Waals surface area (Å²) in [5, 5.41) is 7.42. The minimum Gasteiger partial charge on any atom is -0.497 e. The highest BCUT2D eigenvalue weighted by Gasteiger charge is 2.05. The lowest BCUT2D eigenvalue weighted by Gasteiger charge is -2.09. The van der Waals surface area contributed by atoms with Gasteiger partial charge in [0.1, 0.15) is 11.6 Å². The van der Waals surface area contributed by atoms with Gasteiger partial charge in [0, 0.05) is 5.56 Å². The van der Waals surface area contributed by atoms with E-state index in [1.165, 1.54) is 0 Å². The van der Waals surface area contributed by atoms with Crippen molar-refractivity contribution in [3.63, 3.8) is 0 Å². The molecule has 3 heteroatoms. The van der Waals surface area contributed by atoms with Crippen LogP contribution in [0, 0.1) is 5.41 Å². The molecule has 1 aromatic rings. The number of hydrogen-bond donors (Lipinski definition) is 2. The molecule has 3 N–H and O–H groups in total. The maximum atomic E-state index is 7.42. The van der Waals surface area contributed by atoms with Crippen LogP contribution in [0.15, 0.2) is 18.2 Å². The summed E-state index contributed by atoms with van der Waals surface area (Å²) in [4.78, 5) is 0. The number of nitrogen functional groups attached to an aromatic ring is 1. The van der Waals surface area contributed by atoms with Gasteiger partial charge < -0.3 is 10.5 Å². The number of nitrogens with one attached hydrogen (secondary N) is 1. The van der Waals surface area contributed by atoms with Crippen LogP contribution in [-0.2, 0) is 6.42 Å². The Morgan fingerprint density at radius 1 is 1.50 bits per heavy atom. The van der Waals surface area contributed by atoms with Crippen molar-refractivity contribution in [1.29, 1.82) is 5.41 Å². The number of ether oxygens (including phenoxy) is 1. The minimum atomic E-state index is 0.121. The van der Waals surface area contributed by atoms with Crippen LogP contribution in [0.4, 0.5) is 0 Å². The van der Waals surface area contributed by atoms with E-state index in [1.807, 2.05) is 18.2 Å². The lowest BCUT2D eigenvalue weighted by molar-refractivity contribution is 0.414. The number of amidine groups is 1. The molecule has 0 aliphatic rings. The standard InChI is InChI=1S/C11H16N2O/c1-3-4-8-7-9(14-2)5-6-10(8)11(12)13/h5-7H,3-4H2,1-2H3,(H3,12,13). The van der Waals surface area contributed by atoms with Gasteiger partial charge in [-0.05, 0) is 30.2 Å². The van der Waals surface area contributed by atoms with E-state index in [4.69, 9.17) is 15.9 Å². The molecular weight excluding hydrogens is 176 g/mol. The average Bonchev–Trinajstić information content (AvgIpc) is 2.17. The quantitative estimate of drug-likeness (QED) is 0.565. The summed E-state index contributed by atoms with van der Waals surface area (Å²) in [6.45, 7) is 2.10. The van der Waals surface area contributed by atoms with Gasteiger partial charge in [-0.3, -0.25) is 5.41 Å². The second-order valence-corrected chi connectivity index (χ2v) is 3.19. The van der Waals surface area contributed by atoms with Crippen LogP contribution in [0.5, 0.6) is 5.75 Å². The predicted octanol–water partition coefficient (Wildman–Crippen LogP) is 1.93. The lowest BCUT2D eigenvalue weighted by atomic mass is 10.0. The third-order valence-corrected chi connectivity index (χ3v) is 2.12. The molecule has 0 unspecified atom stereocenters. The van der Waals surface area contributed by atoms with E-state index in [2.05, 4.69) is 6.92 Å². The molecule has 0 aliphatic carbocycles. The van der Waals surface area contributed by atoms with Crippen LogP contribution in [-0.4, -0.2) is 12.9 Å². The first kappa shape index (κ1) is 10.6. The molecular formula is C11H16N2O. The summed E-state index contributed by atoms with van der Waals surface area (Å²) in [6, 6.07) is 5.61. The van der Waals surface area contributed by atoms with Crippen LogP contribution in [0.25, 0.3) is 0 Å². The fourth-order valence-electron chi connectivity index (χ4n) is 1.44. The fraction of sp³-hybridized carbons (Fsp3) is 0.364. The average molecular weight is 192 g/mol. The lowest BCUT2D eigenvalue weighted by Crippen LogP contribution is -2.13. The molecule has 0 fully saturated rings. The van der Waals surface area contributed by atoms with Gasteiger partial charge in [-0.25, -0.2) is 0 Å². The third-order valence-electron chi connectivity index (χ3n) is 2.12. The van der Waals surface area contributed by atoms with Crippen LogP contribution < -0.4 is 10.5 Å². The summed E-state index contributed by atoms with van der Waals surface area (Å²) < 4.78 is 5.12. The highest BCUT2D eigenvalue weighted by molar-refractivity contribution is 5.96. The van der Waals surface area contributed by atoms with E-state index in [0.29, 0.717) is 0 Å². The van der Waals surface area contributed by atoms with Crippen molar-refractivity contribution in [3.8, 4) is 5.75 Å². The van der Waals surface area contributed by atoms with E-state index in [1.54, 1.807) is 7.11 Å². The maximum Gasteiger partial charge on any atom is 0.123 e. The van der Waals surface area contributed by atoms with Crippen molar-refractivity contribution in [2.45, 2.75) is 19.8 Å².